The van der Waals surface area contributed by atoms with E-state index in [2.05, 4.69) is 42.7 Å². The molecular formula is C18H19N5S. The van der Waals surface area contributed by atoms with Crippen molar-refractivity contribution in [3.05, 3.63) is 53.7 Å². The van der Waals surface area contributed by atoms with Gasteiger partial charge in [0.2, 0.25) is 5.95 Å². The Bertz CT molecular complexity index is 796. The number of hydrogen-bond donors (Lipinski definition) is 1. The van der Waals surface area contributed by atoms with Crippen LogP contribution in [0.2, 0.25) is 0 Å². The highest BCUT2D eigenvalue weighted by molar-refractivity contribution is 7.13. The van der Waals surface area contributed by atoms with Gasteiger partial charge in [0.15, 0.2) is 0 Å². The molecule has 0 aliphatic carbocycles. The van der Waals surface area contributed by atoms with Gasteiger partial charge in [0, 0.05) is 30.2 Å². The number of thiazole rings is 1. The zero-order valence-corrected chi connectivity index (χ0v) is 14.2. The molecule has 1 aromatic carbocycles. The third-order valence-electron chi connectivity index (χ3n) is 4.07. The summed E-state index contributed by atoms with van der Waals surface area (Å²) in [5.74, 6) is 1.67. The van der Waals surface area contributed by atoms with E-state index in [9.17, 15) is 0 Å². The van der Waals surface area contributed by atoms with E-state index in [0.29, 0.717) is 12.5 Å². The predicted molar refractivity (Wildman–Crippen MR) is 98.4 cm³/mol. The molecule has 0 atom stereocenters. The zero-order valence-electron chi connectivity index (χ0n) is 13.4. The normalized spacial score (nSPS) is 14.1. The molecular weight excluding hydrogens is 318 g/mol. The summed E-state index contributed by atoms with van der Waals surface area (Å²) in [6.45, 7) is 2.80. The minimum Gasteiger partial charge on any atom is -0.356 e. The molecule has 1 N–H and O–H groups in total. The van der Waals surface area contributed by atoms with Crippen LogP contribution in [0.15, 0.2) is 48.0 Å². The third kappa shape index (κ3) is 3.38. The maximum Gasteiger partial charge on any atom is 0.224 e. The number of nitrogens with zero attached hydrogens (tertiary/aromatic N) is 4. The van der Waals surface area contributed by atoms with E-state index in [4.69, 9.17) is 0 Å². The predicted octanol–water partition coefficient (Wildman–Crippen LogP) is 3.81. The van der Waals surface area contributed by atoms with E-state index in [-0.39, 0.29) is 0 Å². The summed E-state index contributed by atoms with van der Waals surface area (Å²) in [6, 6.07) is 12.2. The Kier molecular flexibility index (Phi) is 4.38. The molecule has 6 heteroatoms. The van der Waals surface area contributed by atoms with Gasteiger partial charge in [-0.05, 0) is 18.9 Å². The SMILES string of the molecule is c1ccc(-c2nc(CNc3nccc(N4CCCC4)n3)cs2)cc1. The smallest absolute Gasteiger partial charge is 0.224 e. The molecule has 0 bridgehead atoms. The van der Waals surface area contributed by atoms with Crippen molar-refractivity contribution in [1.29, 1.82) is 0 Å². The fraction of sp³-hybridized carbons (Fsp3) is 0.278. The van der Waals surface area contributed by atoms with Crippen LogP contribution in [0.1, 0.15) is 18.5 Å². The second-order valence-electron chi connectivity index (χ2n) is 5.80. The Morgan fingerprint density at radius 1 is 1.04 bits per heavy atom. The van der Waals surface area contributed by atoms with Crippen LogP contribution in [-0.2, 0) is 6.54 Å². The molecule has 0 amide bonds. The molecule has 24 heavy (non-hydrogen) atoms. The molecule has 2 aromatic heterocycles. The van der Waals surface area contributed by atoms with Gasteiger partial charge in [0.25, 0.3) is 0 Å². The van der Waals surface area contributed by atoms with Crippen LogP contribution < -0.4 is 10.2 Å². The van der Waals surface area contributed by atoms with Gasteiger partial charge in [-0.2, -0.15) is 4.98 Å². The second kappa shape index (κ2) is 6.97. The molecule has 0 saturated carbocycles. The van der Waals surface area contributed by atoms with E-state index < -0.39 is 0 Å². The van der Waals surface area contributed by atoms with E-state index in [1.54, 1.807) is 11.3 Å². The largest absolute Gasteiger partial charge is 0.356 e. The van der Waals surface area contributed by atoms with Crippen LogP contribution in [0.4, 0.5) is 11.8 Å². The fourth-order valence-electron chi connectivity index (χ4n) is 2.83. The highest BCUT2D eigenvalue weighted by atomic mass is 32.1. The van der Waals surface area contributed by atoms with Crippen molar-refractivity contribution in [2.45, 2.75) is 19.4 Å². The third-order valence-corrected chi connectivity index (χ3v) is 5.01. The number of benzene rings is 1. The second-order valence-corrected chi connectivity index (χ2v) is 6.65. The molecule has 1 fully saturated rings. The van der Waals surface area contributed by atoms with Crippen molar-refractivity contribution in [3.8, 4) is 10.6 Å². The summed E-state index contributed by atoms with van der Waals surface area (Å²) in [5, 5.41) is 6.41. The number of nitrogens with one attached hydrogen (secondary N) is 1. The first-order chi connectivity index (χ1) is 11.9. The summed E-state index contributed by atoms with van der Waals surface area (Å²) in [6.07, 6.45) is 4.31. The molecule has 1 aliphatic rings. The zero-order chi connectivity index (χ0) is 16.2. The Morgan fingerprint density at radius 2 is 1.88 bits per heavy atom. The molecule has 0 unspecified atom stereocenters. The maximum absolute atomic E-state index is 4.69. The average Bonchev–Trinajstić information content (AvgIpc) is 3.33. The number of aromatic nitrogens is 3. The van der Waals surface area contributed by atoms with Gasteiger partial charge < -0.3 is 10.2 Å². The van der Waals surface area contributed by atoms with E-state index in [0.717, 1.165) is 35.2 Å². The molecule has 3 heterocycles. The average molecular weight is 337 g/mol. The summed E-state index contributed by atoms with van der Waals surface area (Å²) in [7, 11) is 0. The lowest BCUT2D eigenvalue weighted by Crippen LogP contribution is -2.19. The molecule has 5 nitrogen and oxygen atoms in total. The van der Waals surface area contributed by atoms with Crippen molar-refractivity contribution in [1.82, 2.24) is 15.0 Å². The Hall–Kier alpha value is -2.47. The lowest BCUT2D eigenvalue weighted by molar-refractivity contribution is 0.920. The van der Waals surface area contributed by atoms with Crippen LogP contribution in [0.25, 0.3) is 10.6 Å². The van der Waals surface area contributed by atoms with Crippen LogP contribution in [0, 0.1) is 0 Å². The molecule has 0 spiro atoms. The maximum atomic E-state index is 4.69. The van der Waals surface area contributed by atoms with Gasteiger partial charge in [-0.15, -0.1) is 11.3 Å². The Labute approximate surface area is 145 Å². The van der Waals surface area contributed by atoms with Gasteiger partial charge >= 0.3 is 0 Å². The molecule has 1 saturated heterocycles. The van der Waals surface area contributed by atoms with Gasteiger partial charge in [-0.1, -0.05) is 30.3 Å². The van der Waals surface area contributed by atoms with Crippen molar-refractivity contribution in [2.75, 3.05) is 23.3 Å². The van der Waals surface area contributed by atoms with Crippen LogP contribution >= 0.6 is 11.3 Å². The number of anilines is 2. The molecule has 0 radical (unpaired) electrons. The van der Waals surface area contributed by atoms with Crippen molar-refractivity contribution in [3.63, 3.8) is 0 Å². The molecule has 4 rings (SSSR count). The standard InChI is InChI=1S/C18H19N5S/c1-2-6-14(7-3-1)17-21-15(13-24-17)12-20-18-19-9-8-16(22-18)23-10-4-5-11-23/h1-3,6-9,13H,4-5,10-12H2,(H,19,20,22). The molecule has 3 aromatic rings. The van der Waals surface area contributed by atoms with Crippen molar-refractivity contribution >= 4 is 23.1 Å². The summed E-state index contributed by atoms with van der Waals surface area (Å²) < 4.78 is 0. The molecule has 122 valence electrons. The monoisotopic (exact) mass is 337 g/mol. The van der Waals surface area contributed by atoms with Gasteiger partial charge in [0.05, 0.1) is 12.2 Å². The summed E-state index contributed by atoms with van der Waals surface area (Å²) >= 11 is 1.66. The highest BCUT2D eigenvalue weighted by Gasteiger charge is 2.14. The van der Waals surface area contributed by atoms with Crippen LogP contribution in [0.5, 0.6) is 0 Å². The topological polar surface area (TPSA) is 53.9 Å². The van der Waals surface area contributed by atoms with Crippen LogP contribution in [0.3, 0.4) is 0 Å². The lowest BCUT2D eigenvalue weighted by Gasteiger charge is -2.16. The first-order valence-electron chi connectivity index (χ1n) is 8.20. The van der Waals surface area contributed by atoms with Crippen molar-refractivity contribution in [2.24, 2.45) is 0 Å². The van der Waals surface area contributed by atoms with Crippen LogP contribution in [-0.4, -0.2) is 28.0 Å². The lowest BCUT2D eigenvalue weighted by atomic mass is 10.2. The minimum atomic E-state index is 0.632. The van der Waals surface area contributed by atoms with Gasteiger partial charge in [-0.3, -0.25) is 0 Å². The summed E-state index contributed by atoms with van der Waals surface area (Å²) in [5.41, 5.74) is 2.16. The summed E-state index contributed by atoms with van der Waals surface area (Å²) in [4.78, 5) is 15.9. The van der Waals surface area contributed by atoms with Crippen molar-refractivity contribution < 1.29 is 0 Å². The Balaban J connectivity index is 1.42. The van der Waals surface area contributed by atoms with E-state index >= 15 is 0 Å². The fourth-order valence-corrected chi connectivity index (χ4v) is 3.65. The van der Waals surface area contributed by atoms with Gasteiger partial charge in [0.1, 0.15) is 10.8 Å². The number of rotatable bonds is 5. The van der Waals surface area contributed by atoms with Gasteiger partial charge in [-0.25, -0.2) is 9.97 Å². The first-order valence-corrected chi connectivity index (χ1v) is 9.08. The Morgan fingerprint density at radius 3 is 2.71 bits per heavy atom. The van der Waals surface area contributed by atoms with E-state index in [1.165, 1.54) is 12.8 Å². The minimum absolute atomic E-state index is 0.632. The quantitative estimate of drug-likeness (QED) is 0.767. The first kappa shape index (κ1) is 15.1. The van der Waals surface area contributed by atoms with E-state index in [1.807, 2.05) is 30.5 Å². The molecule has 1 aliphatic heterocycles. The number of hydrogen-bond acceptors (Lipinski definition) is 6. The highest BCUT2D eigenvalue weighted by Crippen LogP contribution is 2.23.